The predicted octanol–water partition coefficient (Wildman–Crippen LogP) is 3.03. The summed E-state index contributed by atoms with van der Waals surface area (Å²) in [5.41, 5.74) is 5.05. The van der Waals surface area contributed by atoms with Crippen molar-refractivity contribution in [3.05, 3.63) is 46.8 Å². The van der Waals surface area contributed by atoms with Gasteiger partial charge in [-0.25, -0.2) is 8.42 Å². The molecule has 6 nitrogen and oxygen atoms in total. The summed E-state index contributed by atoms with van der Waals surface area (Å²) in [6.45, 7) is 8.80. The van der Waals surface area contributed by atoms with Crippen molar-refractivity contribution < 1.29 is 8.42 Å². The lowest BCUT2D eigenvalue weighted by Crippen LogP contribution is -2.16. The predicted molar refractivity (Wildman–Crippen MR) is 106 cm³/mol. The highest BCUT2D eigenvalue weighted by Gasteiger charge is 2.31. The van der Waals surface area contributed by atoms with Gasteiger partial charge in [-0.1, -0.05) is 17.7 Å². The van der Waals surface area contributed by atoms with Gasteiger partial charge in [0.2, 0.25) is 0 Å². The summed E-state index contributed by atoms with van der Waals surface area (Å²) in [6, 6.07) is 8.19. The van der Waals surface area contributed by atoms with E-state index in [-0.39, 0.29) is 17.5 Å². The maximum atomic E-state index is 11.8. The third-order valence-electron chi connectivity index (χ3n) is 4.89. The molecule has 1 fully saturated rings. The van der Waals surface area contributed by atoms with Crippen LogP contribution in [0.15, 0.2) is 29.4 Å². The van der Waals surface area contributed by atoms with Gasteiger partial charge in [0.05, 0.1) is 35.1 Å². The molecule has 2 heterocycles. The van der Waals surface area contributed by atoms with Gasteiger partial charge in [0.1, 0.15) is 0 Å². The van der Waals surface area contributed by atoms with Gasteiger partial charge in [-0.15, -0.1) is 0 Å². The largest absolute Gasteiger partial charge is 0.266 e. The molecule has 3 rings (SSSR count). The Labute approximate surface area is 155 Å². The van der Waals surface area contributed by atoms with Gasteiger partial charge < -0.3 is 0 Å². The summed E-state index contributed by atoms with van der Waals surface area (Å²) in [6.07, 6.45) is 2.46. The SMILES string of the molecule is CCN(/N=C\c1c(C)nn([C@@H]2CCS(=O)(=O)C2)c1C)c1ccc(C)cc1. The van der Waals surface area contributed by atoms with Crippen molar-refractivity contribution in [1.82, 2.24) is 9.78 Å². The number of hydrazone groups is 1. The molecule has 0 spiro atoms. The molecule has 140 valence electrons. The Morgan fingerprint density at radius 1 is 1.27 bits per heavy atom. The van der Waals surface area contributed by atoms with Gasteiger partial charge in [0.25, 0.3) is 0 Å². The van der Waals surface area contributed by atoms with E-state index in [2.05, 4.69) is 48.3 Å². The number of sulfone groups is 1. The van der Waals surface area contributed by atoms with Crippen LogP contribution in [0, 0.1) is 20.8 Å². The summed E-state index contributed by atoms with van der Waals surface area (Å²) in [5.74, 6) is 0.423. The molecule has 0 amide bonds. The molecule has 1 saturated heterocycles. The van der Waals surface area contributed by atoms with E-state index in [1.54, 1.807) is 0 Å². The average molecular weight is 375 g/mol. The number of benzene rings is 1. The van der Waals surface area contributed by atoms with Crippen LogP contribution in [0.3, 0.4) is 0 Å². The van der Waals surface area contributed by atoms with E-state index in [1.807, 2.05) is 29.8 Å². The van der Waals surface area contributed by atoms with Crippen LogP contribution in [0.5, 0.6) is 0 Å². The van der Waals surface area contributed by atoms with E-state index in [4.69, 9.17) is 0 Å². The fourth-order valence-corrected chi connectivity index (χ4v) is 5.05. The van der Waals surface area contributed by atoms with Crippen molar-refractivity contribution in [3.63, 3.8) is 0 Å². The molecular weight excluding hydrogens is 348 g/mol. The van der Waals surface area contributed by atoms with Crippen molar-refractivity contribution in [2.24, 2.45) is 5.10 Å². The Kier molecular flexibility index (Phi) is 5.18. The monoisotopic (exact) mass is 374 g/mol. The molecule has 1 aromatic carbocycles. The summed E-state index contributed by atoms with van der Waals surface area (Å²) >= 11 is 0. The van der Waals surface area contributed by atoms with E-state index in [1.165, 1.54) is 5.56 Å². The third-order valence-corrected chi connectivity index (χ3v) is 6.64. The van der Waals surface area contributed by atoms with Crippen LogP contribution < -0.4 is 5.01 Å². The lowest BCUT2D eigenvalue weighted by Gasteiger charge is -2.17. The summed E-state index contributed by atoms with van der Waals surface area (Å²) in [7, 11) is -2.94. The second-order valence-electron chi connectivity index (χ2n) is 6.88. The fraction of sp³-hybridized carbons (Fsp3) is 0.474. The number of hydrogen-bond donors (Lipinski definition) is 0. The van der Waals surface area contributed by atoms with Gasteiger partial charge in [0, 0.05) is 17.8 Å². The molecule has 1 atom stereocenters. The van der Waals surface area contributed by atoms with Crippen LogP contribution in [-0.2, 0) is 9.84 Å². The molecule has 0 aliphatic carbocycles. The van der Waals surface area contributed by atoms with E-state index in [0.29, 0.717) is 6.42 Å². The van der Waals surface area contributed by atoms with E-state index >= 15 is 0 Å². The summed E-state index contributed by atoms with van der Waals surface area (Å²) < 4.78 is 25.4. The Bertz CT molecular complexity index is 914. The number of hydrogen-bond acceptors (Lipinski definition) is 5. The number of anilines is 1. The number of aromatic nitrogens is 2. The number of aryl methyl sites for hydroxylation is 2. The zero-order valence-corrected chi connectivity index (χ0v) is 16.6. The second-order valence-corrected chi connectivity index (χ2v) is 9.11. The molecule has 26 heavy (non-hydrogen) atoms. The first kappa shape index (κ1) is 18.6. The van der Waals surface area contributed by atoms with Crippen molar-refractivity contribution in [3.8, 4) is 0 Å². The lowest BCUT2D eigenvalue weighted by atomic mass is 10.2. The molecule has 1 aliphatic rings. The van der Waals surface area contributed by atoms with E-state index in [9.17, 15) is 8.42 Å². The third kappa shape index (κ3) is 3.82. The quantitative estimate of drug-likeness (QED) is 0.596. The Morgan fingerprint density at radius 3 is 2.54 bits per heavy atom. The van der Waals surface area contributed by atoms with Gasteiger partial charge in [-0.2, -0.15) is 10.2 Å². The highest BCUT2D eigenvalue weighted by atomic mass is 32.2. The molecule has 0 saturated carbocycles. The highest BCUT2D eigenvalue weighted by molar-refractivity contribution is 7.91. The molecule has 1 aliphatic heterocycles. The molecule has 0 bridgehead atoms. The first-order valence-corrected chi connectivity index (χ1v) is 10.8. The maximum absolute atomic E-state index is 11.8. The smallest absolute Gasteiger partial charge is 0.152 e. The summed E-state index contributed by atoms with van der Waals surface area (Å²) in [5, 5.41) is 11.2. The zero-order valence-electron chi connectivity index (χ0n) is 15.8. The zero-order chi connectivity index (χ0) is 18.9. The minimum Gasteiger partial charge on any atom is -0.266 e. The molecular formula is C19H26N4O2S. The summed E-state index contributed by atoms with van der Waals surface area (Å²) in [4.78, 5) is 0. The molecule has 1 aromatic heterocycles. The normalized spacial score (nSPS) is 19.3. The molecule has 0 radical (unpaired) electrons. The van der Waals surface area contributed by atoms with Gasteiger partial charge in [0.15, 0.2) is 9.84 Å². The van der Waals surface area contributed by atoms with Crippen molar-refractivity contribution in [1.29, 1.82) is 0 Å². The Balaban J connectivity index is 1.85. The van der Waals surface area contributed by atoms with E-state index < -0.39 is 9.84 Å². The first-order chi connectivity index (χ1) is 12.3. The van der Waals surface area contributed by atoms with Crippen molar-refractivity contribution in [2.45, 2.75) is 40.2 Å². The van der Waals surface area contributed by atoms with E-state index in [0.717, 1.165) is 29.2 Å². The minimum atomic E-state index is -2.94. The number of rotatable bonds is 5. The van der Waals surface area contributed by atoms with Gasteiger partial charge >= 0.3 is 0 Å². The molecule has 0 unspecified atom stereocenters. The average Bonchev–Trinajstić information content (AvgIpc) is 3.09. The fourth-order valence-electron chi connectivity index (χ4n) is 3.36. The topological polar surface area (TPSA) is 67.6 Å². The Morgan fingerprint density at radius 2 is 1.96 bits per heavy atom. The lowest BCUT2D eigenvalue weighted by molar-refractivity contribution is 0.486. The van der Waals surface area contributed by atoms with Crippen LogP contribution in [-0.4, -0.2) is 42.5 Å². The van der Waals surface area contributed by atoms with Crippen LogP contribution in [0.4, 0.5) is 5.69 Å². The highest BCUT2D eigenvalue weighted by Crippen LogP contribution is 2.26. The Hall–Kier alpha value is -2.15. The van der Waals surface area contributed by atoms with Crippen LogP contribution in [0.25, 0.3) is 0 Å². The molecule has 0 N–H and O–H groups in total. The van der Waals surface area contributed by atoms with Crippen LogP contribution in [0.2, 0.25) is 0 Å². The minimum absolute atomic E-state index is 0.0692. The molecule has 2 aromatic rings. The van der Waals surface area contributed by atoms with Crippen molar-refractivity contribution >= 4 is 21.7 Å². The van der Waals surface area contributed by atoms with Crippen molar-refractivity contribution in [2.75, 3.05) is 23.1 Å². The maximum Gasteiger partial charge on any atom is 0.152 e. The van der Waals surface area contributed by atoms with Gasteiger partial charge in [-0.3, -0.25) is 9.69 Å². The standard InChI is InChI=1S/C19H26N4O2S/c1-5-22(17-8-6-14(2)7-9-17)20-12-19-15(3)21-23(16(19)4)18-10-11-26(24,25)13-18/h6-9,12,18H,5,10-11,13H2,1-4H3/b20-12-/t18-/m1/s1. The second kappa shape index (κ2) is 7.23. The first-order valence-electron chi connectivity index (χ1n) is 8.95. The number of nitrogens with zero attached hydrogens (tertiary/aromatic N) is 4. The molecule has 7 heteroatoms. The van der Waals surface area contributed by atoms with Crippen LogP contribution in [0.1, 0.15) is 41.9 Å². The van der Waals surface area contributed by atoms with Gasteiger partial charge in [-0.05, 0) is 46.2 Å². The van der Waals surface area contributed by atoms with Crippen LogP contribution >= 0.6 is 0 Å².